The maximum atomic E-state index is 12.6. The van der Waals surface area contributed by atoms with Crippen molar-refractivity contribution in [3.05, 3.63) is 64.2 Å². The van der Waals surface area contributed by atoms with Crippen LogP contribution in [0.1, 0.15) is 38.3 Å². The summed E-state index contributed by atoms with van der Waals surface area (Å²) in [4.78, 5) is 15.4. The zero-order chi connectivity index (χ0) is 21.0. The van der Waals surface area contributed by atoms with Gasteiger partial charge in [0.15, 0.2) is 0 Å². The number of nitrogens with two attached hydrogens (primary N) is 1. The largest absolute Gasteiger partial charge is 0.404 e. The van der Waals surface area contributed by atoms with Crippen molar-refractivity contribution in [3.63, 3.8) is 0 Å². The van der Waals surface area contributed by atoms with Gasteiger partial charge in [-0.25, -0.2) is 0 Å². The molecule has 0 aliphatic carbocycles. The maximum Gasteiger partial charge on any atom is 0.256 e. The van der Waals surface area contributed by atoms with Crippen LogP contribution in [-0.2, 0) is 6.42 Å². The van der Waals surface area contributed by atoms with E-state index in [0.29, 0.717) is 11.0 Å². The van der Waals surface area contributed by atoms with Gasteiger partial charge < -0.3 is 21.4 Å². The Morgan fingerprint density at radius 3 is 2.69 bits per heavy atom. The maximum absolute atomic E-state index is 12.6. The zero-order valence-corrected chi connectivity index (χ0v) is 17.4. The molecule has 5 heteroatoms. The standard InChI is InChI=1S/C24H30N4O/c1-24(2,3)15-27-9-4-5-17-11-18-8-10-28-23(29)22(18)21-12-16(6-7-20(17)21)19(13-25)14-26/h6-8,10-14,25,27H,4-5,9,15,26H2,1-3H3,(H,28,29)/b19-14+,25-13?. The van der Waals surface area contributed by atoms with Crippen molar-refractivity contribution in [3.8, 4) is 0 Å². The average Bonchev–Trinajstić information content (AvgIpc) is 2.67. The molecule has 1 aromatic heterocycles. The summed E-state index contributed by atoms with van der Waals surface area (Å²) in [7, 11) is 0. The lowest BCUT2D eigenvalue weighted by atomic mass is 9.93. The van der Waals surface area contributed by atoms with Crippen LogP contribution in [0.5, 0.6) is 0 Å². The van der Waals surface area contributed by atoms with Crippen molar-refractivity contribution in [2.45, 2.75) is 33.6 Å². The summed E-state index contributed by atoms with van der Waals surface area (Å²) < 4.78 is 0. The van der Waals surface area contributed by atoms with E-state index < -0.39 is 0 Å². The van der Waals surface area contributed by atoms with Crippen LogP contribution in [0.15, 0.2) is 47.5 Å². The third-order valence-electron chi connectivity index (χ3n) is 5.08. The van der Waals surface area contributed by atoms with Gasteiger partial charge in [-0.15, -0.1) is 0 Å². The van der Waals surface area contributed by atoms with Crippen LogP contribution in [-0.4, -0.2) is 24.3 Å². The topological polar surface area (TPSA) is 94.8 Å². The normalized spacial score (nSPS) is 12.6. The van der Waals surface area contributed by atoms with Crippen molar-refractivity contribution < 1.29 is 0 Å². The van der Waals surface area contributed by atoms with E-state index in [4.69, 9.17) is 11.1 Å². The molecule has 152 valence electrons. The summed E-state index contributed by atoms with van der Waals surface area (Å²) in [5, 5.41) is 14.7. The summed E-state index contributed by atoms with van der Waals surface area (Å²) >= 11 is 0. The van der Waals surface area contributed by atoms with Gasteiger partial charge in [0.1, 0.15) is 0 Å². The Labute approximate surface area is 171 Å². The fourth-order valence-electron chi connectivity index (χ4n) is 3.67. The molecule has 0 saturated carbocycles. The molecule has 5 N–H and O–H groups in total. The minimum Gasteiger partial charge on any atom is -0.404 e. The van der Waals surface area contributed by atoms with Crippen molar-refractivity contribution in [1.29, 1.82) is 5.41 Å². The summed E-state index contributed by atoms with van der Waals surface area (Å²) in [6.07, 6.45) is 6.30. The summed E-state index contributed by atoms with van der Waals surface area (Å²) in [6.45, 7) is 8.62. The van der Waals surface area contributed by atoms with Crippen LogP contribution < -0.4 is 16.6 Å². The summed E-state index contributed by atoms with van der Waals surface area (Å²) in [5.41, 5.74) is 8.54. The van der Waals surface area contributed by atoms with Gasteiger partial charge in [-0.3, -0.25) is 4.79 Å². The fraction of sp³-hybridized carbons (Fsp3) is 0.333. The van der Waals surface area contributed by atoms with Crippen LogP contribution >= 0.6 is 0 Å². The first-order chi connectivity index (χ1) is 13.8. The van der Waals surface area contributed by atoms with Crippen LogP contribution in [0.2, 0.25) is 0 Å². The predicted molar refractivity (Wildman–Crippen MR) is 124 cm³/mol. The Morgan fingerprint density at radius 2 is 2.00 bits per heavy atom. The molecule has 0 aliphatic heterocycles. The van der Waals surface area contributed by atoms with Crippen molar-refractivity contribution in [2.75, 3.05) is 13.1 Å². The minimum atomic E-state index is -0.101. The summed E-state index contributed by atoms with van der Waals surface area (Å²) in [6, 6.07) is 10.1. The molecule has 0 saturated heterocycles. The smallest absolute Gasteiger partial charge is 0.256 e. The number of H-pyrrole nitrogens is 1. The van der Waals surface area contributed by atoms with Crippen molar-refractivity contribution in [2.24, 2.45) is 11.1 Å². The second-order valence-corrected chi connectivity index (χ2v) is 8.67. The van der Waals surface area contributed by atoms with Gasteiger partial charge in [0.2, 0.25) is 0 Å². The SMILES string of the molecule is CC(C)(C)CNCCCc1cc2cc[nH]c(=O)c2c2cc(/C(C=N)=C/N)ccc12. The van der Waals surface area contributed by atoms with E-state index in [1.807, 2.05) is 24.3 Å². The molecule has 0 amide bonds. The van der Waals surface area contributed by atoms with Crippen LogP contribution in [0.4, 0.5) is 0 Å². The van der Waals surface area contributed by atoms with Crippen LogP contribution in [0.3, 0.4) is 0 Å². The van der Waals surface area contributed by atoms with Gasteiger partial charge in [0.05, 0.1) is 5.39 Å². The first-order valence-corrected chi connectivity index (χ1v) is 10.0. The van der Waals surface area contributed by atoms with Crippen molar-refractivity contribution in [1.82, 2.24) is 10.3 Å². The quantitative estimate of drug-likeness (QED) is 0.277. The highest BCUT2D eigenvalue weighted by molar-refractivity contribution is 6.13. The van der Waals surface area contributed by atoms with Gasteiger partial charge in [0, 0.05) is 24.2 Å². The van der Waals surface area contributed by atoms with E-state index >= 15 is 0 Å². The lowest BCUT2D eigenvalue weighted by Crippen LogP contribution is -2.27. The van der Waals surface area contributed by atoms with Crippen LogP contribution in [0.25, 0.3) is 27.1 Å². The molecule has 5 nitrogen and oxygen atoms in total. The van der Waals surface area contributed by atoms with Gasteiger partial charge in [-0.2, -0.15) is 0 Å². The molecule has 3 aromatic rings. The highest BCUT2D eigenvalue weighted by atomic mass is 16.1. The second kappa shape index (κ2) is 8.62. The highest BCUT2D eigenvalue weighted by Gasteiger charge is 2.12. The highest BCUT2D eigenvalue weighted by Crippen LogP contribution is 2.30. The number of rotatable bonds is 7. The van der Waals surface area contributed by atoms with E-state index in [9.17, 15) is 4.79 Å². The monoisotopic (exact) mass is 390 g/mol. The predicted octanol–water partition coefficient (Wildman–Crippen LogP) is 4.20. The Balaban J connectivity index is 2.01. The number of benzene rings is 2. The number of nitrogens with one attached hydrogen (secondary N) is 3. The Kier molecular flexibility index (Phi) is 6.18. The molecule has 29 heavy (non-hydrogen) atoms. The van der Waals surface area contributed by atoms with E-state index in [1.54, 1.807) is 6.20 Å². The number of aromatic amines is 1. The molecule has 0 spiro atoms. The van der Waals surface area contributed by atoms with E-state index in [0.717, 1.165) is 47.7 Å². The third-order valence-corrected chi connectivity index (χ3v) is 5.08. The molecular formula is C24H30N4O. The second-order valence-electron chi connectivity index (χ2n) is 8.67. The molecule has 0 aliphatic rings. The zero-order valence-electron chi connectivity index (χ0n) is 17.4. The van der Waals surface area contributed by atoms with Gasteiger partial charge in [-0.1, -0.05) is 39.0 Å². The minimum absolute atomic E-state index is 0.101. The molecule has 0 bridgehead atoms. The van der Waals surface area contributed by atoms with Crippen LogP contribution in [0, 0.1) is 10.8 Å². The lowest BCUT2D eigenvalue weighted by Gasteiger charge is -2.19. The van der Waals surface area contributed by atoms with Crippen molar-refractivity contribution >= 4 is 33.3 Å². The number of pyridine rings is 1. The number of aromatic nitrogens is 1. The number of allylic oxidation sites excluding steroid dienone is 1. The molecule has 0 atom stereocenters. The molecule has 1 heterocycles. The molecule has 2 aromatic carbocycles. The lowest BCUT2D eigenvalue weighted by molar-refractivity contribution is 0.379. The van der Waals surface area contributed by atoms with Gasteiger partial charge in [0.25, 0.3) is 5.56 Å². The first kappa shape index (κ1) is 20.8. The molecular weight excluding hydrogens is 360 g/mol. The molecule has 0 fully saturated rings. The number of aryl methyl sites for hydroxylation is 1. The van der Waals surface area contributed by atoms with E-state index in [-0.39, 0.29) is 11.0 Å². The van der Waals surface area contributed by atoms with Gasteiger partial charge in [-0.05, 0) is 70.8 Å². The number of hydrogen-bond donors (Lipinski definition) is 4. The number of hydrogen-bond acceptors (Lipinski definition) is 4. The Morgan fingerprint density at radius 1 is 1.21 bits per heavy atom. The summed E-state index contributed by atoms with van der Waals surface area (Å²) in [5.74, 6) is 0. The molecule has 0 unspecified atom stereocenters. The molecule has 0 radical (unpaired) electrons. The molecule has 3 rings (SSSR count). The first-order valence-electron chi connectivity index (χ1n) is 10.0. The number of fused-ring (bicyclic) bond motifs is 3. The van der Waals surface area contributed by atoms with E-state index in [1.165, 1.54) is 18.0 Å². The average molecular weight is 391 g/mol. The fourth-order valence-corrected chi connectivity index (χ4v) is 3.67. The van der Waals surface area contributed by atoms with Gasteiger partial charge >= 0.3 is 0 Å². The third kappa shape index (κ3) is 4.74. The Hall–Kier alpha value is -2.92. The Bertz CT molecular complexity index is 1120. The van der Waals surface area contributed by atoms with E-state index in [2.05, 4.69) is 37.1 Å².